The number of rotatable bonds is 1. The summed E-state index contributed by atoms with van der Waals surface area (Å²) in [5.74, 6) is -0.264. The predicted molar refractivity (Wildman–Crippen MR) is 61.3 cm³/mol. The largest absolute Gasteiger partial charge is 0.352 e. The molecule has 1 rings (SSSR count). The zero-order valence-corrected chi connectivity index (χ0v) is 9.81. The molecule has 0 spiro atoms. The van der Waals surface area contributed by atoms with Gasteiger partial charge >= 0.3 is 6.03 Å². The highest BCUT2D eigenvalue weighted by Gasteiger charge is 2.30. The quantitative estimate of drug-likeness (QED) is 0.375. The van der Waals surface area contributed by atoms with Crippen LogP contribution in [0.2, 0.25) is 0 Å². The van der Waals surface area contributed by atoms with Gasteiger partial charge in [0, 0.05) is 19.8 Å². The summed E-state index contributed by atoms with van der Waals surface area (Å²) in [7, 11) is 2.98. The normalized spacial score (nSPS) is 16.1. The van der Waals surface area contributed by atoms with Gasteiger partial charge in [-0.1, -0.05) is 6.58 Å². The molecule has 1 heterocycles. The molecule has 0 saturated heterocycles. The average molecular weight is 222 g/mol. The Labute approximate surface area is 93.9 Å². The van der Waals surface area contributed by atoms with E-state index in [0.717, 1.165) is 10.6 Å². The predicted octanol–water partition coefficient (Wildman–Crippen LogP) is 0.861. The molecule has 0 aromatic rings. The maximum atomic E-state index is 11.6. The Hall–Kier alpha value is -1.98. The minimum absolute atomic E-state index is 0.162. The highest BCUT2D eigenvalue weighted by atomic mass is 16.2. The van der Waals surface area contributed by atoms with Crippen LogP contribution in [-0.2, 0) is 4.79 Å². The van der Waals surface area contributed by atoms with Crippen LogP contribution in [-0.4, -0.2) is 47.5 Å². The lowest BCUT2D eigenvalue weighted by Gasteiger charge is -2.24. The molecule has 3 amide bonds. The molecule has 0 N–H and O–H groups in total. The van der Waals surface area contributed by atoms with Crippen LogP contribution in [0.25, 0.3) is 0 Å². The van der Waals surface area contributed by atoms with Crippen LogP contribution in [0.4, 0.5) is 4.79 Å². The van der Waals surface area contributed by atoms with Crippen LogP contribution < -0.4 is 0 Å². The molecule has 0 unspecified atom stereocenters. The van der Waals surface area contributed by atoms with E-state index >= 15 is 0 Å². The summed E-state index contributed by atoms with van der Waals surface area (Å²) in [5.41, 5.74) is 0.950. The number of imide groups is 1. The zero-order valence-electron chi connectivity index (χ0n) is 9.81. The number of amidine groups is 1. The summed E-state index contributed by atoms with van der Waals surface area (Å²) in [6.45, 7) is 7.21. The number of hydrogen-bond acceptors (Lipinski definition) is 4. The highest BCUT2D eigenvalue weighted by molar-refractivity contribution is 6.28. The molecule has 16 heavy (non-hydrogen) atoms. The van der Waals surface area contributed by atoms with Gasteiger partial charge in [-0.25, -0.2) is 4.79 Å². The van der Waals surface area contributed by atoms with Gasteiger partial charge in [0.05, 0.1) is 5.57 Å². The van der Waals surface area contributed by atoms with Crippen molar-refractivity contribution in [3.05, 3.63) is 12.2 Å². The molecule has 0 atom stereocenters. The van der Waals surface area contributed by atoms with Crippen molar-refractivity contribution < 1.29 is 9.59 Å². The minimum Gasteiger partial charge on any atom is -0.268 e. The summed E-state index contributed by atoms with van der Waals surface area (Å²) < 4.78 is 0. The number of hydrazone groups is 1. The SMILES string of the molecule is C=C1C(=O)N(C)C(=O)N=C1N(C)N=C(C)C. The number of nitrogens with zero attached hydrogens (tertiary/aromatic N) is 4. The molecule has 0 aromatic heterocycles. The second kappa shape index (κ2) is 4.26. The van der Waals surface area contributed by atoms with Crippen molar-refractivity contribution >= 4 is 23.5 Å². The molecular weight excluding hydrogens is 208 g/mol. The Morgan fingerprint density at radius 3 is 2.50 bits per heavy atom. The Kier molecular flexibility index (Phi) is 3.22. The van der Waals surface area contributed by atoms with Crippen molar-refractivity contribution in [1.82, 2.24) is 9.91 Å². The minimum atomic E-state index is -0.608. The summed E-state index contributed by atoms with van der Waals surface area (Å²) in [6.07, 6.45) is 0. The van der Waals surface area contributed by atoms with Gasteiger partial charge in [0.15, 0.2) is 5.84 Å². The van der Waals surface area contributed by atoms with Gasteiger partial charge in [-0.15, -0.1) is 0 Å². The molecule has 6 nitrogen and oxygen atoms in total. The van der Waals surface area contributed by atoms with E-state index in [1.807, 2.05) is 0 Å². The van der Waals surface area contributed by atoms with Crippen LogP contribution in [0.15, 0.2) is 22.2 Å². The number of urea groups is 1. The Morgan fingerprint density at radius 2 is 2.00 bits per heavy atom. The van der Waals surface area contributed by atoms with Crippen molar-refractivity contribution in [2.45, 2.75) is 13.8 Å². The number of carbonyl (C=O) groups is 2. The van der Waals surface area contributed by atoms with Gasteiger partial charge in [0.2, 0.25) is 0 Å². The third kappa shape index (κ3) is 2.16. The van der Waals surface area contributed by atoms with Crippen LogP contribution in [0.1, 0.15) is 13.8 Å². The third-order valence-corrected chi connectivity index (χ3v) is 1.98. The van der Waals surface area contributed by atoms with E-state index in [2.05, 4.69) is 16.7 Å². The standard InChI is InChI=1S/C10H14N4O2/c1-6(2)12-14(5)8-7(3)9(15)13(4)10(16)11-8/h3H2,1-2,4-5H3. The molecule has 1 aliphatic heterocycles. The summed E-state index contributed by atoms with van der Waals surface area (Å²) in [5, 5.41) is 5.46. The lowest BCUT2D eigenvalue weighted by atomic mass is 10.2. The first kappa shape index (κ1) is 12.1. The molecule has 6 heteroatoms. The lowest BCUT2D eigenvalue weighted by Crippen LogP contribution is -2.42. The number of carbonyl (C=O) groups excluding carboxylic acids is 2. The summed E-state index contributed by atoms with van der Waals surface area (Å²) >= 11 is 0. The van der Waals surface area contributed by atoms with Crippen molar-refractivity contribution in [3.8, 4) is 0 Å². The molecule has 0 saturated carbocycles. The third-order valence-electron chi connectivity index (χ3n) is 1.98. The van der Waals surface area contributed by atoms with E-state index in [0.29, 0.717) is 0 Å². The molecule has 0 aromatic carbocycles. The van der Waals surface area contributed by atoms with Gasteiger partial charge in [0.1, 0.15) is 0 Å². The maximum absolute atomic E-state index is 11.6. The maximum Gasteiger partial charge on any atom is 0.352 e. The van der Waals surface area contributed by atoms with Gasteiger partial charge in [-0.3, -0.25) is 14.7 Å². The fourth-order valence-corrected chi connectivity index (χ4v) is 1.23. The van der Waals surface area contributed by atoms with E-state index < -0.39 is 11.9 Å². The lowest BCUT2D eigenvalue weighted by molar-refractivity contribution is -0.122. The van der Waals surface area contributed by atoms with E-state index in [9.17, 15) is 9.59 Å². The van der Waals surface area contributed by atoms with E-state index in [4.69, 9.17) is 0 Å². The van der Waals surface area contributed by atoms with Gasteiger partial charge in [0.25, 0.3) is 5.91 Å². The fourth-order valence-electron chi connectivity index (χ4n) is 1.23. The first-order valence-electron chi connectivity index (χ1n) is 4.70. The summed E-state index contributed by atoms with van der Waals surface area (Å²) in [6, 6.07) is -0.608. The Bertz CT molecular complexity index is 419. The van der Waals surface area contributed by atoms with Crippen LogP contribution in [0.5, 0.6) is 0 Å². The number of likely N-dealkylation sites (N-methyl/N-ethyl adjacent to an activating group) is 2. The van der Waals surface area contributed by atoms with Crippen LogP contribution >= 0.6 is 0 Å². The van der Waals surface area contributed by atoms with Crippen molar-refractivity contribution in [3.63, 3.8) is 0 Å². The first-order chi connectivity index (χ1) is 7.34. The second-order valence-electron chi connectivity index (χ2n) is 3.63. The van der Waals surface area contributed by atoms with Crippen LogP contribution in [0.3, 0.4) is 0 Å². The first-order valence-corrected chi connectivity index (χ1v) is 4.70. The Morgan fingerprint density at radius 1 is 1.44 bits per heavy atom. The molecule has 0 aliphatic carbocycles. The van der Waals surface area contributed by atoms with Crippen molar-refractivity contribution in [2.24, 2.45) is 10.1 Å². The number of hydrogen-bond donors (Lipinski definition) is 0. The topological polar surface area (TPSA) is 65.3 Å². The van der Waals surface area contributed by atoms with Gasteiger partial charge in [-0.05, 0) is 13.8 Å². The van der Waals surface area contributed by atoms with Crippen LogP contribution in [0, 0.1) is 0 Å². The number of aliphatic imine (C=N–C) groups is 1. The Balaban J connectivity index is 3.10. The van der Waals surface area contributed by atoms with E-state index in [-0.39, 0.29) is 11.4 Å². The smallest absolute Gasteiger partial charge is 0.268 e. The monoisotopic (exact) mass is 222 g/mol. The van der Waals surface area contributed by atoms with Gasteiger partial charge < -0.3 is 0 Å². The fraction of sp³-hybridized carbons (Fsp3) is 0.400. The molecule has 0 radical (unpaired) electrons. The van der Waals surface area contributed by atoms with Crippen molar-refractivity contribution in [2.75, 3.05) is 14.1 Å². The second-order valence-corrected chi connectivity index (χ2v) is 3.63. The van der Waals surface area contributed by atoms with Crippen molar-refractivity contribution in [1.29, 1.82) is 0 Å². The molecular formula is C10H14N4O2. The highest BCUT2D eigenvalue weighted by Crippen LogP contribution is 2.12. The van der Waals surface area contributed by atoms with E-state index in [1.54, 1.807) is 20.9 Å². The molecule has 0 fully saturated rings. The zero-order chi connectivity index (χ0) is 12.5. The molecule has 0 bridgehead atoms. The summed E-state index contributed by atoms with van der Waals surface area (Å²) in [4.78, 5) is 27.6. The number of amides is 3. The van der Waals surface area contributed by atoms with Gasteiger partial charge in [-0.2, -0.15) is 10.1 Å². The molecule has 86 valence electrons. The average Bonchev–Trinajstić information content (AvgIpc) is 2.19. The molecule has 1 aliphatic rings. The van der Waals surface area contributed by atoms with E-state index in [1.165, 1.54) is 12.1 Å².